The number of hydrogen-bond acceptors (Lipinski definition) is 5. The number of nitrogen functional groups attached to an aromatic ring is 1. The van der Waals surface area contributed by atoms with Crippen molar-refractivity contribution in [3.63, 3.8) is 0 Å². The van der Waals surface area contributed by atoms with Crippen molar-refractivity contribution in [2.45, 2.75) is 25.0 Å². The number of anilines is 2. The lowest BCUT2D eigenvalue weighted by Crippen LogP contribution is -2.28. The smallest absolute Gasteiger partial charge is 0.149 e. The fraction of sp³-hybridized carbons (Fsp3) is 0.636. The second-order valence-corrected chi connectivity index (χ2v) is 6.45. The van der Waals surface area contributed by atoms with Crippen LogP contribution in [0.2, 0.25) is 0 Å². The van der Waals surface area contributed by atoms with Gasteiger partial charge >= 0.3 is 0 Å². The van der Waals surface area contributed by atoms with Gasteiger partial charge < -0.3 is 10.6 Å². The third-order valence-corrected chi connectivity index (χ3v) is 4.17. The Hall–Kier alpha value is -0.970. The van der Waals surface area contributed by atoms with E-state index >= 15 is 0 Å². The van der Waals surface area contributed by atoms with E-state index in [2.05, 4.69) is 28.7 Å². The van der Waals surface area contributed by atoms with Gasteiger partial charge in [0.2, 0.25) is 0 Å². The van der Waals surface area contributed by atoms with E-state index in [0.717, 1.165) is 31.1 Å². The second-order valence-electron chi connectivity index (χ2n) is 4.65. The lowest BCUT2D eigenvalue weighted by molar-refractivity contribution is 0.635. The van der Waals surface area contributed by atoms with Gasteiger partial charge in [-0.05, 0) is 6.42 Å². The van der Waals surface area contributed by atoms with Crippen molar-refractivity contribution in [3.8, 4) is 0 Å². The van der Waals surface area contributed by atoms with Crippen LogP contribution in [0.4, 0.5) is 11.6 Å². The van der Waals surface area contributed by atoms with Gasteiger partial charge in [-0.15, -0.1) is 0 Å². The predicted octanol–water partition coefficient (Wildman–Crippen LogP) is 1.78. The summed E-state index contributed by atoms with van der Waals surface area (Å²) < 4.78 is 0.364. The van der Waals surface area contributed by atoms with Crippen molar-refractivity contribution < 1.29 is 0 Å². The second kappa shape index (κ2) is 4.49. The van der Waals surface area contributed by atoms with Gasteiger partial charge in [-0.1, -0.05) is 13.8 Å². The Balaban J connectivity index is 2.11. The lowest BCUT2D eigenvalue weighted by Gasteiger charge is -2.23. The molecule has 1 saturated heterocycles. The Labute approximate surface area is 101 Å². The molecular weight excluding hydrogens is 220 g/mol. The molecule has 1 aliphatic heterocycles. The highest BCUT2D eigenvalue weighted by Crippen LogP contribution is 2.31. The number of aromatic nitrogens is 2. The molecule has 0 aliphatic carbocycles. The molecule has 0 radical (unpaired) electrons. The maximum atomic E-state index is 5.65. The molecule has 1 aromatic rings. The van der Waals surface area contributed by atoms with Gasteiger partial charge in [0, 0.05) is 23.6 Å². The topological polar surface area (TPSA) is 55.0 Å². The molecule has 5 heteroatoms. The molecule has 1 fully saturated rings. The van der Waals surface area contributed by atoms with E-state index in [1.165, 1.54) is 0 Å². The maximum absolute atomic E-state index is 5.65. The van der Waals surface area contributed by atoms with Crippen LogP contribution in [-0.4, -0.2) is 33.6 Å². The van der Waals surface area contributed by atoms with Gasteiger partial charge in [0.25, 0.3) is 0 Å². The molecule has 88 valence electrons. The first kappa shape index (κ1) is 11.5. The quantitative estimate of drug-likeness (QED) is 0.808. The molecule has 2 rings (SSSR count). The first-order chi connectivity index (χ1) is 7.57. The van der Waals surface area contributed by atoms with Gasteiger partial charge in [0.15, 0.2) is 0 Å². The number of nitrogens with two attached hydrogens (primary N) is 1. The van der Waals surface area contributed by atoms with Crippen LogP contribution in [0.5, 0.6) is 0 Å². The van der Waals surface area contributed by atoms with Gasteiger partial charge in [0.1, 0.15) is 11.6 Å². The van der Waals surface area contributed by atoms with Crippen LogP contribution in [0.3, 0.4) is 0 Å². The standard InChI is InChI=1S/C11H18N4S/c1-11(2)3-4-15(5-6-16-11)10-8-13-7-9(12)14-10/h7-8H,3-6H2,1-2H3,(H2,12,14). The van der Waals surface area contributed by atoms with Crippen molar-refractivity contribution in [3.05, 3.63) is 12.4 Å². The van der Waals surface area contributed by atoms with E-state index < -0.39 is 0 Å². The molecule has 0 aromatic carbocycles. The summed E-state index contributed by atoms with van der Waals surface area (Å²) in [6.07, 6.45) is 4.54. The zero-order chi connectivity index (χ0) is 11.6. The Morgan fingerprint density at radius 3 is 2.94 bits per heavy atom. The van der Waals surface area contributed by atoms with Crippen molar-refractivity contribution in [1.29, 1.82) is 0 Å². The molecular formula is C11H18N4S. The molecule has 16 heavy (non-hydrogen) atoms. The van der Waals surface area contributed by atoms with Crippen LogP contribution in [0.25, 0.3) is 0 Å². The Kier molecular flexibility index (Phi) is 3.23. The highest BCUT2D eigenvalue weighted by atomic mass is 32.2. The summed E-state index contributed by atoms with van der Waals surface area (Å²) >= 11 is 2.02. The molecule has 0 unspecified atom stereocenters. The van der Waals surface area contributed by atoms with Crippen molar-refractivity contribution in [2.24, 2.45) is 0 Å². The molecule has 0 saturated carbocycles. The summed E-state index contributed by atoms with van der Waals surface area (Å²) in [6.45, 7) is 6.64. The zero-order valence-corrected chi connectivity index (χ0v) is 10.6. The van der Waals surface area contributed by atoms with E-state index in [-0.39, 0.29) is 0 Å². The highest BCUT2D eigenvalue weighted by Gasteiger charge is 2.24. The molecule has 1 aliphatic rings. The molecule has 2 N–H and O–H groups in total. The Morgan fingerprint density at radius 2 is 2.19 bits per heavy atom. The van der Waals surface area contributed by atoms with Gasteiger partial charge in [-0.25, -0.2) is 4.98 Å². The minimum atomic E-state index is 0.364. The third-order valence-electron chi connectivity index (χ3n) is 2.80. The van der Waals surface area contributed by atoms with Crippen molar-refractivity contribution >= 4 is 23.4 Å². The number of nitrogens with zero attached hydrogens (tertiary/aromatic N) is 3. The number of rotatable bonds is 1. The molecule has 0 bridgehead atoms. The largest absolute Gasteiger partial charge is 0.382 e. The number of thioether (sulfide) groups is 1. The first-order valence-electron chi connectivity index (χ1n) is 5.53. The highest BCUT2D eigenvalue weighted by molar-refractivity contribution is 8.00. The van der Waals surface area contributed by atoms with Crippen LogP contribution in [0.15, 0.2) is 12.4 Å². The van der Waals surface area contributed by atoms with E-state index in [9.17, 15) is 0 Å². The van der Waals surface area contributed by atoms with Crippen LogP contribution in [0, 0.1) is 0 Å². The maximum Gasteiger partial charge on any atom is 0.149 e. The summed E-state index contributed by atoms with van der Waals surface area (Å²) in [4.78, 5) is 10.7. The zero-order valence-electron chi connectivity index (χ0n) is 9.81. The monoisotopic (exact) mass is 238 g/mol. The SMILES string of the molecule is CC1(C)CCN(c2cncc(N)n2)CCS1. The molecule has 0 amide bonds. The van der Waals surface area contributed by atoms with E-state index in [0.29, 0.717) is 10.6 Å². The Morgan fingerprint density at radius 1 is 1.38 bits per heavy atom. The van der Waals surface area contributed by atoms with E-state index in [1.54, 1.807) is 12.4 Å². The Bertz CT molecular complexity index is 367. The minimum absolute atomic E-state index is 0.364. The predicted molar refractivity (Wildman–Crippen MR) is 69.8 cm³/mol. The molecule has 0 spiro atoms. The molecule has 1 aromatic heterocycles. The molecule has 2 heterocycles. The summed E-state index contributed by atoms with van der Waals surface area (Å²) in [7, 11) is 0. The van der Waals surface area contributed by atoms with E-state index in [4.69, 9.17) is 5.73 Å². The number of hydrogen-bond donors (Lipinski definition) is 1. The van der Waals surface area contributed by atoms with Crippen LogP contribution in [-0.2, 0) is 0 Å². The average Bonchev–Trinajstić information content (AvgIpc) is 2.39. The van der Waals surface area contributed by atoms with Gasteiger partial charge in [-0.3, -0.25) is 4.98 Å². The summed E-state index contributed by atoms with van der Waals surface area (Å²) in [5.74, 6) is 2.52. The fourth-order valence-corrected chi connectivity index (χ4v) is 2.87. The van der Waals surface area contributed by atoms with Gasteiger partial charge in [0.05, 0.1) is 12.4 Å². The van der Waals surface area contributed by atoms with Crippen LogP contribution in [0.1, 0.15) is 20.3 Å². The summed E-state index contributed by atoms with van der Waals surface area (Å²) in [5.41, 5.74) is 5.65. The van der Waals surface area contributed by atoms with Crippen LogP contribution >= 0.6 is 11.8 Å². The minimum Gasteiger partial charge on any atom is -0.382 e. The van der Waals surface area contributed by atoms with E-state index in [1.807, 2.05) is 11.8 Å². The molecule has 0 atom stereocenters. The third kappa shape index (κ3) is 2.78. The average molecular weight is 238 g/mol. The van der Waals surface area contributed by atoms with Crippen molar-refractivity contribution in [1.82, 2.24) is 9.97 Å². The van der Waals surface area contributed by atoms with Crippen molar-refractivity contribution in [2.75, 3.05) is 29.5 Å². The summed E-state index contributed by atoms with van der Waals surface area (Å²) in [6, 6.07) is 0. The normalized spacial score (nSPS) is 20.5. The van der Waals surface area contributed by atoms with Gasteiger partial charge in [-0.2, -0.15) is 11.8 Å². The first-order valence-corrected chi connectivity index (χ1v) is 6.52. The lowest BCUT2D eigenvalue weighted by atomic mass is 10.1. The molecule has 4 nitrogen and oxygen atoms in total. The fourth-order valence-electron chi connectivity index (χ4n) is 1.77. The van der Waals surface area contributed by atoms with Crippen LogP contribution < -0.4 is 10.6 Å². The summed E-state index contributed by atoms with van der Waals surface area (Å²) in [5, 5.41) is 0.